The van der Waals surface area contributed by atoms with E-state index in [1.54, 1.807) is 19.1 Å². The molecule has 0 fully saturated rings. The lowest BCUT2D eigenvalue weighted by Gasteiger charge is -2.40. The maximum absolute atomic E-state index is 13.5. The summed E-state index contributed by atoms with van der Waals surface area (Å²) in [4.78, 5) is 14.2. The van der Waals surface area contributed by atoms with E-state index in [2.05, 4.69) is 20.8 Å². The van der Waals surface area contributed by atoms with E-state index < -0.39 is 5.54 Å². The van der Waals surface area contributed by atoms with Gasteiger partial charge >= 0.3 is 5.97 Å². The van der Waals surface area contributed by atoms with Crippen LogP contribution in [-0.2, 0) is 15.1 Å². The van der Waals surface area contributed by atoms with Gasteiger partial charge in [0.25, 0.3) is 0 Å². The van der Waals surface area contributed by atoms with E-state index in [9.17, 15) is 9.18 Å². The van der Waals surface area contributed by atoms with E-state index in [0.717, 1.165) is 18.7 Å². The molecule has 1 unspecified atom stereocenters. The van der Waals surface area contributed by atoms with Gasteiger partial charge in [0.1, 0.15) is 5.82 Å². The molecule has 5 heteroatoms. The topological polar surface area (TPSA) is 29.5 Å². The lowest BCUT2D eigenvalue weighted by Crippen LogP contribution is -2.45. The van der Waals surface area contributed by atoms with Crippen molar-refractivity contribution in [3.63, 3.8) is 0 Å². The standard InChI is InChI=1S/C16H23BrFNO2/c1-5-19(6-2)16(4,11-15(20)21-7-3)12-8-9-14(18)13(17)10-12/h8-10H,5-7,11H2,1-4H3. The maximum atomic E-state index is 13.5. The van der Waals surface area contributed by atoms with Crippen molar-refractivity contribution >= 4 is 21.9 Å². The van der Waals surface area contributed by atoms with E-state index in [4.69, 9.17) is 4.74 Å². The van der Waals surface area contributed by atoms with Gasteiger partial charge in [-0.3, -0.25) is 9.69 Å². The van der Waals surface area contributed by atoms with Crippen LogP contribution in [0.4, 0.5) is 4.39 Å². The quantitative estimate of drug-likeness (QED) is 0.686. The molecule has 3 nitrogen and oxygen atoms in total. The fraction of sp³-hybridized carbons (Fsp3) is 0.562. The Labute approximate surface area is 134 Å². The summed E-state index contributed by atoms with van der Waals surface area (Å²) in [5.41, 5.74) is 0.374. The highest BCUT2D eigenvalue weighted by molar-refractivity contribution is 9.10. The molecule has 118 valence electrons. The van der Waals surface area contributed by atoms with Crippen LogP contribution in [0.25, 0.3) is 0 Å². The monoisotopic (exact) mass is 359 g/mol. The first-order chi connectivity index (χ1) is 9.88. The number of nitrogens with zero attached hydrogens (tertiary/aromatic N) is 1. The van der Waals surface area contributed by atoms with Crippen LogP contribution >= 0.6 is 15.9 Å². The van der Waals surface area contributed by atoms with Gasteiger partial charge in [-0.1, -0.05) is 19.9 Å². The summed E-state index contributed by atoms with van der Waals surface area (Å²) < 4.78 is 19.0. The van der Waals surface area contributed by atoms with Crippen molar-refractivity contribution in [3.05, 3.63) is 34.1 Å². The van der Waals surface area contributed by atoms with Gasteiger partial charge in [0.05, 0.1) is 23.0 Å². The second-order valence-corrected chi connectivity index (χ2v) is 5.91. The van der Waals surface area contributed by atoms with Gasteiger partial charge in [0, 0.05) is 0 Å². The summed E-state index contributed by atoms with van der Waals surface area (Å²) in [7, 11) is 0. The molecule has 21 heavy (non-hydrogen) atoms. The first kappa shape index (κ1) is 18.1. The number of carbonyl (C=O) groups excluding carboxylic acids is 1. The smallest absolute Gasteiger partial charge is 0.307 e. The minimum Gasteiger partial charge on any atom is -0.466 e. The maximum Gasteiger partial charge on any atom is 0.307 e. The number of esters is 1. The number of rotatable bonds is 7. The third-order valence-electron chi connectivity index (χ3n) is 3.80. The molecule has 0 aliphatic heterocycles. The number of carbonyl (C=O) groups is 1. The van der Waals surface area contributed by atoms with Crippen molar-refractivity contribution < 1.29 is 13.9 Å². The van der Waals surface area contributed by atoms with Gasteiger partial charge in [-0.15, -0.1) is 0 Å². The van der Waals surface area contributed by atoms with Crippen molar-refractivity contribution in [1.29, 1.82) is 0 Å². The van der Waals surface area contributed by atoms with Crippen LogP contribution in [0.5, 0.6) is 0 Å². The summed E-state index contributed by atoms with van der Waals surface area (Å²) in [5.74, 6) is -0.552. The Balaban J connectivity index is 3.22. The number of ether oxygens (including phenoxy) is 1. The molecule has 1 aromatic rings. The third kappa shape index (κ3) is 4.27. The molecule has 0 spiro atoms. The third-order valence-corrected chi connectivity index (χ3v) is 4.40. The molecule has 0 heterocycles. The van der Waals surface area contributed by atoms with Crippen LogP contribution in [0, 0.1) is 5.82 Å². The normalized spacial score (nSPS) is 14.0. The largest absolute Gasteiger partial charge is 0.466 e. The number of hydrogen-bond donors (Lipinski definition) is 0. The summed E-state index contributed by atoms with van der Waals surface area (Å²) in [5, 5.41) is 0. The minimum absolute atomic E-state index is 0.237. The average Bonchev–Trinajstić information content (AvgIpc) is 2.43. The zero-order chi connectivity index (χ0) is 16.0. The molecular formula is C16H23BrFNO2. The SMILES string of the molecule is CCOC(=O)CC(C)(c1ccc(F)c(Br)c1)N(CC)CC. The molecule has 0 saturated carbocycles. The molecule has 0 saturated heterocycles. The molecule has 0 aliphatic carbocycles. The molecule has 0 aromatic heterocycles. The van der Waals surface area contributed by atoms with Gasteiger partial charge in [0.2, 0.25) is 0 Å². The average molecular weight is 360 g/mol. The van der Waals surface area contributed by atoms with Crippen molar-refractivity contribution in [2.24, 2.45) is 0 Å². The molecule has 0 aliphatic rings. The Bertz CT molecular complexity index is 491. The molecule has 1 atom stereocenters. The molecule has 0 bridgehead atoms. The summed E-state index contributed by atoms with van der Waals surface area (Å²) in [6.07, 6.45) is 0.237. The van der Waals surface area contributed by atoms with Crippen molar-refractivity contribution in [1.82, 2.24) is 4.90 Å². The van der Waals surface area contributed by atoms with Crippen molar-refractivity contribution in [3.8, 4) is 0 Å². The van der Waals surface area contributed by atoms with E-state index >= 15 is 0 Å². The predicted molar refractivity (Wildman–Crippen MR) is 85.6 cm³/mol. The highest BCUT2D eigenvalue weighted by Gasteiger charge is 2.35. The Kier molecular flexibility index (Phi) is 6.81. The lowest BCUT2D eigenvalue weighted by molar-refractivity contribution is -0.146. The van der Waals surface area contributed by atoms with Crippen LogP contribution in [0.15, 0.2) is 22.7 Å². The van der Waals surface area contributed by atoms with Gasteiger partial charge in [-0.2, -0.15) is 0 Å². The van der Waals surface area contributed by atoms with Crippen LogP contribution in [-0.4, -0.2) is 30.6 Å². The summed E-state index contributed by atoms with van der Waals surface area (Å²) in [6, 6.07) is 4.90. The van der Waals surface area contributed by atoms with Gasteiger partial charge in [-0.25, -0.2) is 4.39 Å². The van der Waals surface area contributed by atoms with Gasteiger partial charge in [-0.05, 0) is 60.6 Å². The lowest BCUT2D eigenvalue weighted by atomic mass is 9.86. The van der Waals surface area contributed by atoms with E-state index in [1.807, 2.05) is 20.8 Å². The Hall–Kier alpha value is -0.940. The first-order valence-electron chi connectivity index (χ1n) is 7.25. The Morgan fingerprint density at radius 1 is 1.33 bits per heavy atom. The summed E-state index contributed by atoms with van der Waals surface area (Å²) in [6.45, 7) is 9.83. The second-order valence-electron chi connectivity index (χ2n) is 5.06. The molecular weight excluding hydrogens is 337 g/mol. The first-order valence-corrected chi connectivity index (χ1v) is 8.04. The number of halogens is 2. The minimum atomic E-state index is -0.522. The van der Waals surface area contributed by atoms with Crippen LogP contribution in [0.2, 0.25) is 0 Å². The predicted octanol–water partition coefficient (Wildman–Crippen LogP) is 4.10. The van der Waals surface area contributed by atoms with Crippen molar-refractivity contribution in [2.75, 3.05) is 19.7 Å². The van der Waals surface area contributed by atoms with Crippen LogP contribution < -0.4 is 0 Å². The highest BCUT2D eigenvalue weighted by atomic mass is 79.9. The zero-order valence-corrected chi connectivity index (χ0v) is 14.7. The zero-order valence-electron chi connectivity index (χ0n) is 13.1. The van der Waals surface area contributed by atoms with Gasteiger partial charge < -0.3 is 4.74 Å². The number of hydrogen-bond acceptors (Lipinski definition) is 3. The number of benzene rings is 1. The molecule has 0 radical (unpaired) electrons. The van der Waals surface area contributed by atoms with Gasteiger partial charge in [0.15, 0.2) is 0 Å². The van der Waals surface area contributed by atoms with E-state index in [-0.39, 0.29) is 18.2 Å². The molecule has 1 aromatic carbocycles. The second kappa shape index (κ2) is 7.90. The van der Waals surface area contributed by atoms with E-state index in [1.165, 1.54) is 6.07 Å². The fourth-order valence-electron chi connectivity index (χ4n) is 2.64. The van der Waals surface area contributed by atoms with E-state index in [0.29, 0.717) is 11.1 Å². The van der Waals surface area contributed by atoms with Crippen LogP contribution in [0.1, 0.15) is 39.7 Å². The Morgan fingerprint density at radius 2 is 1.95 bits per heavy atom. The molecule has 1 rings (SSSR count). The summed E-state index contributed by atoms with van der Waals surface area (Å²) >= 11 is 3.22. The van der Waals surface area contributed by atoms with Crippen LogP contribution in [0.3, 0.4) is 0 Å². The molecule has 0 amide bonds. The molecule has 0 N–H and O–H groups in total. The highest BCUT2D eigenvalue weighted by Crippen LogP contribution is 2.34. The van der Waals surface area contributed by atoms with Crippen molar-refractivity contribution in [2.45, 2.75) is 39.7 Å². The Morgan fingerprint density at radius 3 is 2.43 bits per heavy atom. The fourth-order valence-corrected chi connectivity index (χ4v) is 3.02.